The minimum absolute atomic E-state index is 0.186. The van der Waals surface area contributed by atoms with Gasteiger partial charge in [0.15, 0.2) is 0 Å². The monoisotopic (exact) mass is 331 g/mol. The van der Waals surface area contributed by atoms with Crippen LogP contribution in [0.5, 0.6) is 0 Å². The molecule has 1 saturated carbocycles. The molecule has 0 radical (unpaired) electrons. The van der Waals surface area contributed by atoms with E-state index in [-0.39, 0.29) is 15.7 Å². The van der Waals surface area contributed by atoms with Gasteiger partial charge in [0.2, 0.25) is 0 Å². The van der Waals surface area contributed by atoms with Gasteiger partial charge in [-0.25, -0.2) is 8.78 Å². The number of hydrogen-bond acceptors (Lipinski definition) is 1. The summed E-state index contributed by atoms with van der Waals surface area (Å²) in [6.07, 6.45) is 7.30. The van der Waals surface area contributed by atoms with Gasteiger partial charge in [0.05, 0.1) is 4.47 Å². The number of halogens is 3. The fraction of sp³-hybridized carbons (Fsp3) is 0.600. The molecule has 0 spiro atoms. The molecule has 1 aliphatic carbocycles. The Labute approximate surface area is 121 Å². The second-order valence-corrected chi connectivity index (χ2v) is 6.46. The zero-order valence-electron chi connectivity index (χ0n) is 11.0. The van der Waals surface area contributed by atoms with Crippen molar-refractivity contribution in [1.82, 2.24) is 0 Å². The SMILES string of the molecule is NCCC1(CCc2cc(F)c(Br)cc2F)CCCC1. The summed E-state index contributed by atoms with van der Waals surface area (Å²) in [5.74, 6) is -0.718. The molecule has 1 fully saturated rings. The average molecular weight is 332 g/mol. The van der Waals surface area contributed by atoms with Gasteiger partial charge in [-0.3, -0.25) is 0 Å². The minimum Gasteiger partial charge on any atom is -0.330 e. The van der Waals surface area contributed by atoms with E-state index in [9.17, 15) is 8.78 Å². The predicted octanol–water partition coefficient (Wildman–Crippen LogP) is 4.57. The fourth-order valence-corrected chi connectivity index (χ4v) is 3.53. The van der Waals surface area contributed by atoms with Gasteiger partial charge in [0.1, 0.15) is 11.6 Å². The molecular formula is C15H20BrF2N. The Hall–Kier alpha value is -0.480. The lowest BCUT2D eigenvalue weighted by Crippen LogP contribution is -2.22. The second kappa shape index (κ2) is 6.31. The zero-order chi connectivity index (χ0) is 13.9. The summed E-state index contributed by atoms with van der Waals surface area (Å²) in [7, 11) is 0. The van der Waals surface area contributed by atoms with Crippen molar-refractivity contribution in [2.24, 2.45) is 11.1 Å². The van der Waals surface area contributed by atoms with Gasteiger partial charge in [-0.1, -0.05) is 12.8 Å². The van der Waals surface area contributed by atoms with Crippen molar-refractivity contribution in [3.63, 3.8) is 0 Å². The van der Waals surface area contributed by atoms with Crippen molar-refractivity contribution < 1.29 is 8.78 Å². The van der Waals surface area contributed by atoms with E-state index in [2.05, 4.69) is 15.9 Å². The molecule has 106 valence electrons. The van der Waals surface area contributed by atoms with Gasteiger partial charge < -0.3 is 5.73 Å². The third-order valence-electron chi connectivity index (χ3n) is 4.35. The number of rotatable bonds is 5. The number of benzene rings is 1. The van der Waals surface area contributed by atoms with E-state index in [4.69, 9.17) is 5.73 Å². The van der Waals surface area contributed by atoms with Crippen molar-refractivity contribution in [2.75, 3.05) is 6.54 Å². The standard InChI is InChI=1S/C15H20BrF2N/c16-12-10-13(17)11(9-14(12)18)3-6-15(7-8-19)4-1-2-5-15/h9-10H,1-8,19H2. The Kier molecular flexibility index (Phi) is 4.96. The van der Waals surface area contributed by atoms with Crippen molar-refractivity contribution in [3.8, 4) is 0 Å². The number of nitrogens with two attached hydrogens (primary N) is 1. The van der Waals surface area contributed by atoms with Crippen LogP contribution in [-0.4, -0.2) is 6.54 Å². The molecule has 0 heterocycles. The van der Waals surface area contributed by atoms with E-state index < -0.39 is 5.82 Å². The molecule has 1 aliphatic rings. The molecule has 2 N–H and O–H groups in total. The highest BCUT2D eigenvalue weighted by atomic mass is 79.9. The summed E-state index contributed by atoms with van der Waals surface area (Å²) in [4.78, 5) is 0. The zero-order valence-corrected chi connectivity index (χ0v) is 12.6. The first-order valence-corrected chi connectivity index (χ1v) is 7.69. The predicted molar refractivity (Wildman–Crippen MR) is 77.0 cm³/mol. The minimum atomic E-state index is -0.393. The Bertz CT molecular complexity index is 442. The summed E-state index contributed by atoms with van der Waals surface area (Å²) in [5, 5.41) is 0. The lowest BCUT2D eigenvalue weighted by molar-refractivity contribution is 0.252. The van der Waals surface area contributed by atoms with Crippen LogP contribution < -0.4 is 5.73 Å². The first kappa shape index (κ1) is 14.9. The molecule has 0 atom stereocenters. The van der Waals surface area contributed by atoms with Gasteiger partial charge in [-0.2, -0.15) is 0 Å². The molecule has 4 heteroatoms. The lowest BCUT2D eigenvalue weighted by Gasteiger charge is -2.28. The maximum absolute atomic E-state index is 13.8. The Morgan fingerprint density at radius 3 is 2.42 bits per heavy atom. The summed E-state index contributed by atoms with van der Waals surface area (Å²) in [5.41, 5.74) is 6.43. The molecule has 0 aromatic heterocycles. The normalized spacial score (nSPS) is 17.9. The molecule has 19 heavy (non-hydrogen) atoms. The topological polar surface area (TPSA) is 26.0 Å². The summed E-state index contributed by atoms with van der Waals surface area (Å²) in [6, 6.07) is 2.53. The van der Waals surface area contributed by atoms with Crippen LogP contribution in [0, 0.1) is 17.0 Å². The van der Waals surface area contributed by atoms with E-state index in [0.717, 1.165) is 12.8 Å². The van der Waals surface area contributed by atoms with Crippen LogP contribution in [0.15, 0.2) is 16.6 Å². The highest BCUT2D eigenvalue weighted by Gasteiger charge is 2.32. The van der Waals surface area contributed by atoms with E-state index in [0.29, 0.717) is 18.5 Å². The lowest BCUT2D eigenvalue weighted by atomic mass is 9.77. The first-order valence-electron chi connectivity index (χ1n) is 6.90. The Balaban J connectivity index is 2.07. The van der Waals surface area contributed by atoms with Crippen molar-refractivity contribution >= 4 is 15.9 Å². The average Bonchev–Trinajstić information content (AvgIpc) is 2.82. The van der Waals surface area contributed by atoms with Crippen LogP contribution in [-0.2, 0) is 6.42 Å². The van der Waals surface area contributed by atoms with E-state index >= 15 is 0 Å². The quantitative estimate of drug-likeness (QED) is 0.786. The highest BCUT2D eigenvalue weighted by molar-refractivity contribution is 9.10. The van der Waals surface area contributed by atoms with Gasteiger partial charge in [0, 0.05) is 0 Å². The van der Waals surface area contributed by atoms with Crippen LogP contribution in [0.1, 0.15) is 44.1 Å². The summed E-state index contributed by atoms with van der Waals surface area (Å²) >= 11 is 3.00. The Morgan fingerprint density at radius 1 is 1.11 bits per heavy atom. The molecule has 0 unspecified atom stereocenters. The molecule has 1 nitrogen and oxygen atoms in total. The van der Waals surface area contributed by atoms with E-state index in [1.54, 1.807) is 0 Å². The molecule has 0 aliphatic heterocycles. The summed E-state index contributed by atoms with van der Waals surface area (Å²) < 4.78 is 27.4. The van der Waals surface area contributed by atoms with Crippen molar-refractivity contribution in [2.45, 2.75) is 44.9 Å². The third-order valence-corrected chi connectivity index (χ3v) is 4.96. The van der Waals surface area contributed by atoms with E-state index in [1.807, 2.05) is 0 Å². The largest absolute Gasteiger partial charge is 0.330 e. The van der Waals surface area contributed by atoms with Gasteiger partial charge in [-0.15, -0.1) is 0 Å². The maximum Gasteiger partial charge on any atom is 0.137 e. The molecule has 0 amide bonds. The van der Waals surface area contributed by atoms with Crippen LogP contribution in [0.25, 0.3) is 0 Å². The molecule has 0 bridgehead atoms. The molecule has 2 rings (SSSR count). The number of aryl methyl sites for hydroxylation is 1. The maximum atomic E-state index is 13.8. The van der Waals surface area contributed by atoms with Crippen molar-refractivity contribution in [1.29, 1.82) is 0 Å². The Morgan fingerprint density at radius 2 is 1.79 bits per heavy atom. The van der Waals surface area contributed by atoms with Gasteiger partial charge >= 0.3 is 0 Å². The third kappa shape index (κ3) is 3.54. The van der Waals surface area contributed by atoms with Crippen LogP contribution in [0.4, 0.5) is 8.78 Å². The highest BCUT2D eigenvalue weighted by Crippen LogP contribution is 2.44. The van der Waals surface area contributed by atoms with E-state index in [1.165, 1.54) is 37.8 Å². The molecular weight excluding hydrogens is 312 g/mol. The fourth-order valence-electron chi connectivity index (χ4n) is 3.21. The van der Waals surface area contributed by atoms with Crippen LogP contribution in [0.2, 0.25) is 0 Å². The van der Waals surface area contributed by atoms with Crippen molar-refractivity contribution in [3.05, 3.63) is 33.8 Å². The number of hydrogen-bond donors (Lipinski definition) is 1. The molecule has 1 aromatic rings. The van der Waals surface area contributed by atoms with Gasteiger partial charge in [-0.05, 0) is 77.7 Å². The summed E-state index contributed by atoms with van der Waals surface area (Å²) in [6.45, 7) is 0.678. The first-order chi connectivity index (χ1) is 9.06. The molecule has 0 saturated heterocycles. The smallest absolute Gasteiger partial charge is 0.137 e. The van der Waals surface area contributed by atoms with Gasteiger partial charge in [0.25, 0.3) is 0 Å². The van der Waals surface area contributed by atoms with Crippen LogP contribution >= 0.6 is 15.9 Å². The molecule has 1 aromatic carbocycles. The van der Waals surface area contributed by atoms with Crippen LogP contribution in [0.3, 0.4) is 0 Å². The second-order valence-electron chi connectivity index (χ2n) is 5.60.